The second kappa shape index (κ2) is 7.99. The van der Waals surface area contributed by atoms with Crippen LogP contribution in [0.3, 0.4) is 0 Å². The molecule has 1 saturated heterocycles. The van der Waals surface area contributed by atoms with Crippen LogP contribution in [-0.4, -0.2) is 54.2 Å². The predicted octanol–water partition coefficient (Wildman–Crippen LogP) is 2.03. The lowest BCUT2D eigenvalue weighted by Crippen LogP contribution is -2.54. The second-order valence-electron chi connectivity index (χ2n) is 9.53. The Morgan fingerprint density at radius 2 is 1.97 bits per heavy atom. The quantitative estimate of drug-likeness (QED) is 0.525. The molecule has 1 spiro atoms. The molecule has 172 valence electrons. The van der Waals surface area contributed by atoms with Crippen molar-refractivity contribution in [3.05, 3.63) is 18.2 Å². The van der Waals surface area contributed by atoms with Gasteiger partial charge in [0.15, 0.2) is 18.1 Å². The number of nitrogens with zero attached hydrogens (tertiary/aromatic N) is 1. The number of fused-ring (bicyclic) bond motifs is 1. The number of hydrogen-bond acceptors (Lipinski definition) is 7. The highest BCUT2D eigenvalue weighted by atomic mass is 16.7. The molecule has 1 aliphatic carbocycles. The van der Waals surface area contributed by atoms with E-state index in [9.17, 15) is 19.2 Å². The molecule has 32 heavy (non-hydrogen) atoms. The summed E-state index contributed by atoms with van der Waals surface area (Å²) in [6, 6.07) is 4.28. The van der Waals surface area contributed by atoms with Gasteiger partial charge in [0.05, 0.1) is 0 Å². The summed E-state index contributed by atoms with van der Waals surface area (Å²) in [5.74, 6) is -0.467. The van der Waals surface area contributed by atoms with Crippen LogP contribution in [0.5, 0.6) is 11.5 Å². The Hall–Kier alpha value is -3.30. The van der Waals surface area contributed by atoms with Crippen LogP contribution in [0.15, 0.2) is 18.2 Å². The largest absolute Gasteiger partial charge is 0.454 e. The van der Waals surface area contributed by atoms with E-state index in [1.165, 1.54) is 0 Å². The molecule has 2 aliphatic heterocycles. The van der Waals surface area contributed by atoms with Gasteiger partial charge in [-0.3, -0.25) is 19.3 Å². The molecule has 1 aromatic carbocycles. The Kier molecular flexibility index (Phi) is 5.47. The lowest BCUT2D eigenvalue weighted by atomic mass is 9.64. The first-order chi connectivity index (χ1) is 15.1. The number of ether oxygens (including phenoxy) is 3. The highest BCUT2D eigenvalue weighted by Crippen LogP contribution is 2.46. The number of rotatable bonds is 5. The van der Waals surface area contributed by atoms with Crippen molar-refractivity contribution in [3.63, 3.8) is 0 Å². The first-order valence-electron chi connectivity index (χ1n) is 10.6. The fraction of sp³-hybridized carbons (Fsp3) is 0.545. The molecular formula is C22H27N3O7. The summed E-state index contributed by atoms with van der Waals surface area (Å²) in [7, 11) is 0. The third kappa shape index (κ3) is 4.35. The molecule has 2 fully saturated rings. The zero-order valence-corrected chi connectivity index (χ0v) is 18.4. The summed E-state index contributed by atoms with van der Waals surface area (Å²) < 4.78 is 15.4. The van der Waals surface area contributed by atoms with Gasteiger partial charge >= 0.3 is 12.0 Å². The second-order valence-corrected chi connectivity index (χ2v) is 9.53. The number of imide groups is 1. The average molecular weight is 445 g/mol. The van der Waals surface area contributed by atoms with Gasteiger partial charge in [0, 0.05) is 11.8 Å². The van der Waals surface area contributed by atoms with Crippen LogP contribution in [0.25, 0.3) is 0 Å². The van der Waals surface area contributed by atoms with Crippen molar-refractivity contribution < 1.29 is 33.4 Å². The van der Waals surface area contributed by atoms with E-state index < -0.39 is 42.5 Å². The number of esters is 1. The van der Waals surface area contributed by atoms with Crippen LogP contribution in [0, 0.1) is 11.3 Å². The van der Waals surface area contributed by atoms with E-state index in [0.29, 0.717) is 30.0 Å². The summed E-state index contributed by atoms with van der Waals surface area (Å²) in [5.41, 5.74) is -0.639. The SMILES string of the molecule is CC1CC(C)(C)CC2(C1)NC(=O)N(CC(=O)OCC(=O)Nc1ccc3c(c1)OCO3)C2=O. The number of urea groups is 1. The molecule has 2 atom stereocenters. The summed E-state index contributed by atoms with van der Waals surface area (Å²) in [4.78, 5) is 50.8. The number of anilines is 1. The molecule has 4 amide bonds. The van der Waals surface area contributed by atoms with E-state index >= 15 is 0 Å². The van der Waals surface area contributed by atoms with E-state index in [1.807, 2.05) is 0 Å². The van der Waals surface area contributed by atoms with Crippen molar-refractivity contribution in [2.24, 2.45) is 11.3 Å². The third-order valence-electron chi connectivity index (χ3n) is 5.93. The normalized spacial score (nSPS) is 25.6. The Morgan fingerprint density at radius 1 is 1.22 bits per heavy atom. The lowest BCUT2D eigenvalue weighted by molar-refractivity contribution is -0.150. The minimum atomic E-state index is -0.991. The minimum Gasteiger partial charge on any atom is -0.454 e. The standard InChI is InChI=1S/C22H27N3O7/c1-13-7-21(2,3)11-22(8-13)19(28)25(20(29)24-22)9-18(27)30-10-17(26)23-14-4-5-15-16(6-14)32-12-31-15/h4-6,13H,7-12H2,1-3H3,(H,23,26)(H,24,29). The molecular weight excluding hydrogens is 418 g/mol. The molecule has 2 unspecified atom stereocenters. The van der Waals surface area contributed by atoms with Crippen LogP contribution in [0.2, 0.25) is 0 Å². The maximum absolute atomic E-state index is 13.1. The molecule has 10 nitrogen and oxygen atoms in total. The maximum atomic E-state index is 13.1. The fourth-order valence-electron chi connectivity index (χ4n) is 5.14. The van der Waals surface area contributed by atoms with Gasteiger partial charge < -0.3 is 24.8 Å². The number of carbonyl (C=O) groups excluding carboxylic acids is 4. The van der Waals surface area contributed by atoms with Crippen molar-refractivity contribution in [3.8, 4) is 11.5 Å². The fourth-order valence-corrected chi connectivity index (χ4v) is 5.14. The van der Waals surface area contributed by atoms with Crippen molar-refractivity contribution in [2.45, 2.75) is 45.6 Å². The molecule has 2 heterocycles. The Bertz CT molecular complexity index is 976. The summed E-state index contributed by atoms with van der Waals surface area (Å²) in [6.07, 6.45) is 2.00. The number of amides is 4. The number of hydrogen-bond donors (Lipinski definition) is 2. The molecule has 4 rings (SSSR count). The molecule has 0 aromatic heterocycles. The van der Waals surface area contributed by atoms with Gasteiger partial charge in [0.2, 0.25) is 6.79 Å². The monoisotopic (exact) mass is 445 g/mol. The van der Waals surface area contributed by atoms with Gasteiger partial charge in [-0.1, -0.05) is 20.8 Å². The predicted molar refractivity (Wildman–Crippen MR) is 112 cm³/mol. The molecule has 10 heteroatoms. The molecule has 1 aromatic rings. The highest BCUT2D eigenvalue weighted by molar-refractivity contribution is 6.09. The van der Waals surface area contributed by atoms with Crippen LogP contribution in [0.1, 0.15) is 40.0 Å². The number of carbonyl (C=O) groups is 4. The summed E-state index contributed by atoms with van der Waals surface area (Å²) in [6.45, 7) is 5.21. The first-order valence-corrected chi connectivity index (χ1v) is 10.6. The first kappa shape index (κ1) is 21.9. The van der Waals surface area contributed by atoms with Crippen molar-refractivity contribution >= 4 is 29.5 Å². The highest BCUT2D eigenvalue weighted by Gasteiger charge is 2.56. The van der Waals surface area contributed by atoms with Crippen LogP contribution in [-0.2, 0) is 19.1 Å². The van der Waals surface area contributed by atoms with E-state index in [4.69, 9.17) is 14.2 Å². The third-order valence-corrected chi connectivity index (χ3v) is 5.93. The van der Waals surface area contributed by atoms with Gasteiger partial charge in [-0.05, 0) is 42.7 Å². The molecule has 3 aliphatic rings. The van der Waals surface area contributed by atoms with E-state index in [1.54, 1.807) is 18.2 Å². The van der Waals surface area contributed by atoms with Crippen LogP contribution >= 0.6 is 0 Å². The van der Waals surface area contributed by atoms with Gasteiger partial charge in [-0.2, -0.15) is 0 Å². The Labute approximate surface area is 185 Å². The molecule has 0 bridgehead atoms. The summed E-state index contributed by atoms with van der Waals surface area (Å²) >= 11 is 0. The minimum absolute atomic E-state index is 0.107. The zero-order valence-electron chi connectivity index (χ0n) is 18.4. The topological polar surface area (TPSA) is 123 Å². The zero-order chi connectivity index (χ0) is 23.1. The maximum Gasteiger partial charge on any atom is 0.326 e. The smallest absolute Gasteiger partial charge is 0.326 e. The van der Waals surface area contributed by atoms with Gasteiger partial charge in [0.1, 0.15) is 12.1 Å². The van der Waals surface area contributed by atoms with Crippen LogP contribution in [0.4, 0.5) is 10.5 Å². The molecule has 1 saturated carbocycles. The van der Waals surface area contributed by atoms with Crippen molar-refractivity contribution in [1.82, 2.24) is 10.2 Å². The van der Waals surface area contributed by atoms with Gasteiger partial charge in [0.25, 0.3) is 11.8 Å². The molecule has 0 radical (unpaired) electrons. The molecule has 2 N–H and O–H groups in total. The van der Waals surface area contributed by atoms with E-state index in [2.05, 4.69) is 31.4 Å². The summed E-state index contributed by atoms with van der Waals surface area (Å²) in [5, 5.41) is 5.39. The van der Waals surface area contributed by atoms with Gasteiger partial charge in [-0.15, -0.1) is 0 Å². The number of benzene rings is 1. The average Bonchev–Trinajstić information content (AvgIpc) is 3.23. The number of nitrogens with one attached hydrogen (secondary N) is 2. The lowest BCUT2D eigenvalue weighted by Gasteiger charge is -2.43. The van der Waals surface area contributed by atoms with E-state index in [0.717, 1.165) is 11.3 Å². The van der Waals surface area contributed by atoms with Crippen molar-refractivity contribution in [2.75, 3.05) is 25.3 Å². The van der Waals surface area contributed by atoms with Crippen molar-refractivity contribution in [1.29, 1.82) is 0 Å². The van der Waals surface area contributed by atoms with E-state index in [-0.39, 0.29) is 18.1 Å². The van der Waals surface area contributed by atoms with Crippen LogP contribution < -0.4 is 20.1 Å². The Morgan fingerprint density at radius 3 is 2.72 bits per heavy atom. The Balaban J connectivity index is 1.30. The van der Waals surface area contributed by atoms with Gasteiger partial charge in [-0.25, -0.2) is 4.79 Å².